The Kier molecular flexibility index (Phi) is 4.80. The van der Waals surface area contributed by atoms with Gasteiger partial charge in [0, 0.05) is 12.1 Å². The third kappa shape index (κ3) is 4.02. The zero-order chi connectivity index (χ0) is 12.7. The summed E-state index contributed by atoms with van der Waals surface area (Å²) >= 11 is 0. The number of oxime groups is 1. The van der Waals surface area contributed by atoms with Crippen molar-refractivity contribution in [2.24, 2.45) is 10.9 Å². The Bertz CT molecular complexity index is 401. The maximum atomic E-state index is 11.1. The number of likely N-dealkylation sites (N-methyl/N-ethyl adjacent to an activating group) is 1. The predicted octanol–water partition coefficient (Wildman–Crippen LogP) is 0.296. The quantitative estimate of drug-likeness (QED) is 0.297. The first-order chi connectivity index (χ1) is 8.17. The number of carbonyl (C=O) groups excluding carboxylic acids is 1. The molecule has 0 unspecified atom stereocenters. The largest absolute Gasteiger partial charge is 0.484 e. The van der Waals surface area contributed by atoms with Crippen LogP contribution in [0.3, 0.4) is 0 Å². The molecule has 6 heteroatoms. The minimum atomic E-state index is -0.173. The van der Waals surface area contributed by atoms with Crippen molar-refractivity contribution in [1.29, 1.82) is 0 Å². The van der Waals surface area contributed by atoms with Crippen molar-refractivity contribution < 1.29 is 14.7 Å². The van der Waals surface area contributed by atoms with Gasteiger partial charge in [0.25, 0.3) is 5.91 Å². The summed E-state index contributed by atoms with van der Waals surface area (Å²) in [5.41, 5.74) is 5.98. The minimum absolute atomic E-state index is 0.0280. The lowest BCUT2D eigenvalue weighted by atomic mass is 10.2. The molecule has 1 aromatic rings. The highest BCUT2D eigenvalue weighted by atomic mass is 16.5. The molecule has 0 heterocycles. The second-order valence-electron chi connectivity index (χ2n) is 3.25. The van der Waals surface area contributed by atoms with Crippen molar-refractivity contribution in [3.05, 3.63) is 29.8 Å². The van der Waals surface area contributed by atoms with E-state index in [9.17, 15) is 4.79 Å². The molecule has 1 amide bonds. The molecule has 0 bridgehead atoms. The third-order valence-electron chi connectivity index (χ3n) is 2.00. The highest BCUT2D eigenvalue weighted by Crippen LogP contribution is 2.11. The molecule has 0 radical (unpaired) electrons. The van der Waals surface area contributed by atoms with Gasteiger partial charge >= 0.3 is 0 Å². The van der Waals surface area contributed by atoms with Gasteiger partial charge in [0.05, 0.1) is 0 Å². The number of carbonyl (C=O) groups is 1. The maximum absolute atomic E-state index is 11.1. The van der Waals surface area contributed by atoms with Gasteiger partial charge in [-0.3, -0.25) is 4.79 Å². The van der Waals surface area contributed by atoms with E-state index in [4.69, 9.17) is 15.7 Å². The van der Waals surface area contributed by atoms with Crippen LogP contribution < -0.4 is 15.8 Å². The molecule has 92 valence electrons. The standard InChI is InChI=1S/C11H15N3O3/c1-2-13-10(15)7-17-9-5-3-8(4-6-9)11(12)14-16/h3-6,16H,2,7H2,1H3,(H2,12,14)(H,13,15). The summed E-state index contributed by atoms with van der Waals surface area (Å²) in [5, 5.41) is 14.0. The van der Waals surface area contributed by atoms with Crippen LogP contribution in [0.15, 0.2) is 29.4 Å². The lowest BCUT2D eigenvalue weighted by molar-refractivity contribution is -0.122. The number of amidine groups is 1. The molecule has 1 rings (SSSR count). The molecule has 0 spiro atoms. The molecule has 0 aliphatic heterocycles. The third-order valence-corrected chi connectivity index (χ3v) is 2.00. The van der Waals surface area contributed by atoms with E-state index in [1.807, 2.05) is 6.92 Å². The number of hydrogen-bond donors (Lipinski definition) is 3. The number of benzene rings is 1. The first-order valence-corrected chi connectivity index (χ1v) is 5.14. The number of rotatable bonds is 5. The average Bonchev–Trinajstić information content (AvgIpc) is 2.36. The molecule has 0 fully saturated rings. The van der Waals surface area contributed by atoms with E-state index in [0.717, 1.165) is 0 Å². The second kappa shape index (κ2) is 6.37. The van der Waals surface area contributed by atoms with Gasteiger partial charge in [-0.2, -0.15) is 0 Å². The topological polar surface area (TPSA) is 96.9 Å². The fourth-order valence-corrected chi connectivity index (χ4v) is 1.18. The van der Waals surface area contributed by atoms with E-state index >= 15 is 0 Å². The van der Waals surface area contributed by atoms with Crippen LogP contribution in [0.1, 0.15) is 12.5 Å². The van der Waals surface area contributed by atoms with Gasteiger partial charge in [0.2, 0.25) is 0 Å². The molecular formula is C11H15N3O3. The van der Waals surface area contributed by atoms with Crippen molar-refractivity contribution in [3.63, 3.8) is 0 Å². The molecule has 0 atom stereocenters. The van der Waals surface area contributed by atoms with Crippen molar-refractivity contribution >= 4 is 11.7 Å². The van der Waals surface area contributed by atoms with Gasteiger partial charge in [0.1, 0.15) is 5.75 Å². The number of amides is 1. The van der Waals surface area contributed by atoms with Crippen LogP contribution >= 0.6 is 0 Å². The lowest BCUT2D eigenvalue weighted by Gasteiger charge is -2.06. The molecule has 6 nitrogen and oxygen atoms in total. The van der Waals surface area contributed by atoms with E-state index in [2.05, 4.69) is 10.5 Å². The summed E-state index contributed by atoms with van der Waals surface area (Å²) in [5.74, 6) is 0.402. The Morgan fingerprint density at radius 1 is 1.47 bits per heavy atom. The molecule has 0 saturated heterocycles. The molecule has 0 saturated carbocycles. The molecule has 0 aromatic heterocycles. The summed E-state index contributed by atoms with van der Waals surface area (Å²) < 4.78 is 5.23. The number of ether oxygens (including phenoxy) is 1. The first-order valence-electron chi connectivity index (χ1n) is 5.14. The van der Waals surface area contributed by atoms with Gasteiger partial charge < -0.3 is 21.0 Å². The van der Waals surface area contributed by atoms with E-state index in [0.29, 0.717) is 17.9 Å². The van der Waals surface area contributed by atoms with Crippen molar-refractivity contribution in [2.45, 2.75) is 6.92 Å². The van der Waals surface area contributed by atoms with E-state index in [1.165, 1.54) is 0 Å². The molecular weight excluding hydrogens is 222 g/mol. The van der Waals surface area contributed by atoms with Gasteiger partial charge in [-0.05, 0) is 31.2 Å². The highest BCUT2D eigenvalue weighted by Gasteiger charge is 2.02. The summed E-state index contributed by atoms with van der Waals surface area (Å²) in [6, 6.07) is 6.57. The number of nitrogens with two attached hydrogens (primary N) is 1. The smallest absolute Gasteiger partial charge is 0.257 e. The maximum Gasteiger partial charge on any atom is 0.257 e. The fourth-order valence-electron chi connectivity index (χ4n) is 1.18. The molecule has 0 aliphatic rings. The zero-order valence-electron chi connectivity index (χ0n) is 9.51. The van der Waals surface area contributed by atoms with Crippen molar-refractivity contribution in [3.8, 4) is 5.75 Å². The van der Waals surface area contributed by atoms with Crippen LogP contribution in [0, 0.1) is 0 Å². The van der Waals surface area contributed by atoms with Crippen molar-refractivity contribution in [2.75, 3.05) is 13.2 Å². The fraction of sp³-hybridized carbons (Fsp3) is 0.273. The normalized spacial score (nSPS) is 11.0. The Hall–Kier alpha value is -2.24. The van der Waals surface area contributed by atoms with Crippen LogP contribution in [0.25, 0.3) is 0 Å². The van der Waals surface area contributed by atoms with Gasteiger partial charge in [-0.15, -0.1) is 0 Å². The average molecular weight is 237 g/mol. The monoisotopic (exact) mass is 237 g/mol. The van der Waals surface area contributed by atoms with Crippen molar-refractivity contribution in [1.82, 2.24) is 5.32 Å². The highest BCUT2D eigenvalue weighted by molar-refractivity contribution is 5.97. The van der Waals surface area contributed by atoms with Gasteiger partial charge in [-0.25, -0.2) is 0 Å². The second-order valence-corrected chi connectivity index (χ2v) is 3.25. The Morgan fingerprint density at radius 3 is 2.65 bits per heavy atom. The number of nitrogens with zero attached hydrogens (tertiary/aromatic N) is 1. The predicted molar refractivity (Wildman–Crippen MR) is 63.1 cm³/mol. The summed E-state index contributed by atoms with van der Waals surface area (Å²) in [6.07, 6.45) is 0. The molecule has 17 heavy (non-hydrogen) atoms. The Morgan fingerprint density at radius 2 is 2.12 bits per heavy atom. The Labute approximate surface area is 99.1 Å². The van der Waals surface area contributed by atoms with E-state index in [1.54, 1.807) is 24.3 Å². The van der Waals surface area contributed by atoms with Crippen LogP contribution in [0.5, 0.6) is 5.75 Å². The number of hydrogen-bond acceptors (Lipinski definition) is 4. The lowest BCUT2D eigenvalue weighted by Crippen LogP contribution is -2.28. The summed E-state index contributed by atoms with van der Waals surface area (Å²) in [4.78, 5) is 11.1. The molecule has 1 aromatic carbocycles. The van der Waals surface area contributed by atoms with Gasteiger partial charge in [0.15, 0.2) is 12.4 Å². The van der Waals surface area contributed by atoms with E-state index in [-0.39, 0.29) is 18.3 Å². The Balaban J connectivity index is 2.54. The SMILES string of the molecule is CCNC(=O)COc1ccc(/C(N)=N/O)cc1. The van der Waals surface area contributed by atoms with Crippen LogP contribution in [0.2, 0.25) is 0 Å². The zero-order valence-corrected chi connectivity index (χ0v) is 9.51. The van der Waals surface area contributed by atoms with Crippen LogP contribution in [-0.4, -0.2) is 30.1 Å². The van der Waals surface area contributed by atoms with Crippen LogP contribution in [-0.2, 0) is 4.79 Å². The summed E-state index contributed by atoms with van der Waals surface area (Å²) in [6.45, 7) is 2.38. The van der Waals surface area contributed by atoms with E-state index < -0.39 is 0 Å². The molecule has 4 N–H and O–H groups in total. The van der Waals surface area contributed by atoms with Crippen LogP contribution in [0.4, 0.5) is 0 Å². The summed E-state index contributed by atoms with van der Waals surface area (Å²) in [7, 11) is 0. The van der Waals surface area contributed by atoms with Gasteiger partial charge in [-0.1, -0.05) is 5.16 Å². The minimum Gasteiger partial charge on any atom is -0.484 e. The first kappa shape index (κ1) is 12.8. The molecule has 0 aliphatic carbocycles. The number of nitrogens with one attached hydrogen (secondary N) is 1.